The second-order valence-electron chi connectivity index (χ2n) is 5.39. The Bertz CT molecular complexity index is 1020. The average Bonchev–Trinajstić information content (AvgIpc) is 3.08. The molecule has 2 aromatic heterocycles. The highest BCUT2D eigenvalue weighted by Crippen LogP contribution is 2.18. The normalized spacial score (nSPS) is 10.6. The Morgan fingerprint density at radius 2 is 2.12 bits per heavy atom. The maximum Gasteiger partial charge on any atom is 0.337 e. The zero-order chi connectivity index (χ0) is 18.0. The molecule has 0 unspecified atom stereocenters. The number of nitrogens with zero attached hydrogens (tertiary/aromatic N) is 2. The standard InChI is InChI=1S/C17H15N3O4S/c1-10-3-4-11(17(23)24-2)7-13(10)19-14(21)8-20-9-18-15-12(16(20)22)5-6-25-15/h3-7,9H,8H2,1-2H3,(H,19,21). The highest BCUT2D eigenvalue weighted by molar-refractivity contribution is 7.16. The zero-order valence-corrected chi connectivity index (χ0v) is 14.4. The zero-order valence-electron chi connectivity index (χ0n) is 13.6. The van der Waals surface area contributed by atoms with Crippen molar-refractivity contribution in [3.63, 3.8) is 0 Å². The van der Waals surface area contributed by atoms with Gasteiger partial charge in [-0.25, -0.2) is 9.78 Å². The monoisotopic (exact) mass is 357 g/mol. The Morgan fingerprint density at radius 1 is 1.32 bits per heavy atom. The van der Waals surface area contributed by atoms with E-state index < -0.39 is 5.97 Å². The van der Waals surface area contributed by atoms with Crippen LogP contribution in [0.15, 0.2) is 40.8 Å². The van der Waals surface area contributed by atoms with Crippen molar-refractivity contribution in [2.45, 2.75) is 13.5 Å². The largest absolute Gasteiger partial charge is 0.465 e. The van der Waals surface area contributed by atoms with E-state index in [9.17, 15) is 14.4 Å². The van der Waals surface area contributed by atoms with Gasteiger partial charge in [0.15, 0.2) is 0 Å². The fraction of sp³-hybridized carbons (Fsp3) is 0.176. The SMILES string of the molecule is COC(=O)c1ccc(C)c(NC(=O)Cn2cnc3sccc3c2=O)c1. The van der Waals surface area contributed by atoms with Gasteiger partial charge in [-0.1, -0.05) is 6.07 Å². The number of aryl methyl sites for hydroxylation is 1. The third-order valence-electron chi connectivity index (χ3n) is 3.70. The number of hydrogen-bond acceptors (Lipinski definition) is 6. The first kappa shape index (κ1) is 16.8. The van der Waals surface area contributed by atoms with Gasteiger partial charge in [0.2, 0.25) is 5.91 Å². The lowest BCUT2D eigenvalue weighted by Gasteiger charge is -2.11. The van der Waals surface area contributed by atoms with Gasteiger partial charge in [-0.15, -0.1) is 11.3 Å². The molecule has 0 atom stereocenters. The van der Waals surface area contributed by atoms with E-state index in [4.69, 9.17) is 0 Å². The van der Waals surface area contributed by atoms with E-state index in [1.165, 1.54) is 29.3 Å². The minimum absolute atomic E-state index is 0.167. The number of carbonyl (C=O) groups is 2. The molecule has 1 amide bonds. The molecule has 3 aromatic rings. The van der Waals surface area contributed by atoms with Crippen LogP contribution in [0.25, 0.3) is 10.2 Å². The summed E-state index contributed by atoms with van der Waals surface area (Å²) in [4.78, 5) is 41.0. The van der Waals surface area contributed by atoms with Crippen molar-refractivity contribution in [1.82, 2.24) is 9.55 Å². The molecule has 8 heteroatoms. The Hall–Kier alpha value is -3.00. The summed E-state index contributed by atoms with van der Waals surface area (Å²) in [6.07, 6.45) is 1.36. The number of amides is 1. The third kappa shape index (κ3) is 3.43. The second kappa shape index (κ2) is 6.86. The predicted molar refractivity (Wildman–Crippen MR) is 95.0 cm³/mol. The summed E-state index contributed by atoms with van der Waals surface area (Å²) in [7, 11) is 1.29. The van der Waals surface area contributed by atoms with Gasteiger partial charge in [0.25, 0.3) is 5.56 Å². The van der Waals surface area contributed by atoms with E-state index in [-0.39, 0.29) is 18.0 Å². The van der Waals surface area contributed by atoms with Crippen LogP contribution in [0.3, 0.4) is 0 Å². The number of aromatic nitrogens is 2. The van der Waals surface area contributed by atoms with Crippen LogP contribution in [0.4, 0.5) is 5.69 Å². The molecule has 128 valence electrons. The van der Waals surface area contributed by atoms with Crippen LogP contribution in [0.1, 0.15) is 15.9 Å². The molecule has 0 saturated carbocycles. The molecule has 0 radical (unpaired) electrons. The number of rotatable bonds is 4. The van der Waals surface area contributed by atoms with Gasteiger partial charge in [0, 0.05) is 5.69 Å². The van der Waals surface area contributed by atoms with E-state index in [0.29, 0.717) is 21.5 Å². The van der Waals surface area contributed by atoms with Crippen molar-refractivity contribution in [2.75, 3.05) is 12.4 Å². The number of thiophene rings is 1. The first-order valence-electron chi connectivity index (χ1n) is 7.41. The lowest BCUT2D eigenvalue weighted by Crippen LogP contribution is -2.27. The Labute approximate surface area is 146 Å². The molecule has 2 heterocycles. The number of ether oxygens (including phenoxy) is 1. The molecular formula is C17H15N3O4S. The topological polar surface area (TPSA) is 90.3 Å². The van der Waals surface area contributed by atoms with Crippen molar-refractivity contribution >= 4 is 39.1 Å². The number of anilines is 1. The van der Waals surface area contributed by atoms with Gasteiger partial charge in [-0.2, -0.15) is 0 Å². The fourth-order valence-corrected chi connectivity index (χ4v) is 3.08. The van der Waals surface area contributed by atoms with Crippen molar-refractivity contribution in [3.05, 3.63) is 57.5 Å². The van der Waals surface area contributed by atoms with Gasteiger partial charge in [0.1, 0.15) is 11.4 Å². The minimum Gasteiger partial charge on any atom is -0.465 e. The van der Waals surface area contributed by atoms with Crippen LogP contribution in [0.5, 0.6) is 0 Å². The van der Waals surface area contributed by atoms with Crippen LogP contribution in [0.2, 0.25) is 0 Å². The van der Waals surface area contributed by atoms with E-state index in [2.05, 4.69) is 15.0 Å². The summed E-state index contributed by atoms with van der Waals surface area (Å²) in [5.74, 6) is -0.873. The molecule has 0 aliphatic heterocycles. The summed E-state index contributed by atoms with van der Waals surface area (Å²) in [5, 5.41) is 4.99. The van der Waals surface area contributed by atoms with Crippen molar-refractivity contribution in [3.8, 4) is 0 Å². The van der Waals surface area contributed by atoms with Crippen LogP contribution < -0.4 is 10.9 Å². The molecule has 0 bridgehead atoms. The first-order valence-corrected chi connectivity index (χ1v) is 8.29. The van der Waals surface area contributed by atoms with E-state index in [0.717, 1.165) is 5.56 Å². The van der Waals surface area contributed by atoms with Crippen molar-refractivity contribution < 1.29 is 14.3 Å². The minimum atomic E-state index is -0.487. The number of benzene rings is 1. The number of carbonyl (C=O) groups excluding carboxylic acids is 2. The highest BCUT2D eigenvalue weighted by Gasteiger charge is 2.12. The van der Waals surface area contributed by atoms with Crippen LogP contribution in [0, 0.1) is 6.92 Å². The molecule has 0 spiro atoms. The summed E-state index contributed by atoms with van der Waals surface area (Å²) in [6, 6.07) is 6.57. The maximum atomic E-state index is 12.3. The van der Waals surface area contributed by atoms with Crippen molar-refractivity contribution in [1.29, 1.82) is 0 Å². The molecule has 0 aliphatic rings. The quantitative estimate of drug-likeness (QED) is 0.723. The van der Waals surface area contributed by atoms with Crippen LogP contribution >= 0.6 is 11.3 Å². The molecule has 0 fully saturated rings. The highest BCUT2D eigenvalue weighted by atomic mass is 32.1. The molecule has 1 N–H and O–H groups in total. The fourth-order valence-electron chi connectivity index (χ4n) is 2.35. The Morgan fingerprint density at radius 3 is 2.88 bits per heavy atom. The predicted octanol–water partition coefficient (Wildman–Crippen LogP) is 2.19. The summed E-state index contributed by atoms with van der Waals surface area (Å²) in [6.45, 7) is 1.64. The molecule has 3 rings (SSSR count). The molecule has 0 saturated heterocycles. The van der Waals surface area contributed by atoms with E-state index in [1.807, 2.05) is 6.92 Å². The average molecular weight is 357 g/mol. The molecule has 1 aromatic carbocycles. The van der Waals surface area contributed by atoms with Gasteiger partial charge in [-0.05, 0) is 36.1 Å². The number of nitrogens with one attached hydrogen (secondary N) is 1. The molecule has 0 aliphatic carbocycles. The number of esters is 1. The van der Waals surface area contributed by atoms with Gasteiger partial charge in [0.05, 0.1) is 24.4 Å². The second-order valence-corrected chi connectivity index (χ2v) is 6.28. The van der Waals surface area contributed by atoms with Gasteiger partial charge < -0.3 is 10.1 Å². The van der Waals surface area contributed by atoms with E-state index >= 15 is 0 Å². The molecular weight excluding hydrogens is 342 g/mol. The first-order chi connectivity index (χ1) is 12.0. The summed E-state index contributed by atoms with van der Waals surface area (Å²) >= 11 is 1.37. The number of fused-ring (bicyclic) bond motifs is 1. The Kier molecular flexibility index (Phi) is 4.62. The number of hydrogen-bond donors (Lipinski definition) is 1. The van der Waals surface area contributed by atoms with E-state index in [1.54, 1.807) is 29.6 Å². The smallest absolute Gasteiger partial charge is 0.337 e. The Balaban J connectivity index is 1.81. The van der Waals surface area contributed by atoms with Crippen LogP contribution in [-0.4, -0.2) is 28.5 Å². The lowest BCUT2D eigenvalue weighted by molar-refractivity contribution is -0.116. The lowest BCUT2D eigenvalue weighted by atomic mass is 10.1. The summed E-state index contributed by atoms with van der Waals surface area (Å²) in [5.41, 5.74) is 1.36. The molecule has 7 nitrogen and oxygen atoms in total. The molecule has 25 heavy (non-hydrogen) atoms. The maximum absolute atomic E-state index is 12.3. The third-order valence-corrected chi connectivity index (χ3v) is 4.52. The number of methoxy groups -OCH3 is 1. The summed E-state index contributed by atoms with van der Waals surface area (Å²) < 4.78 is 5.93. The van der Waals surface area contributed by atoms with Crippen LogP contribution in [-0.2, 0) is 16.1 Å². The van der Waals surface area contributed by atoms with Crippen molar-refractivity contribution in [2.24, 2.45) is 0 Å². The van der Waals surface area contributed by atoms with Gasteiger partial charge >= 0.3 is 5.97 Å². The van der Waals surface area contributed by atoms with Gasteiger partial charge in [-0.3, -0.25) is 14.2 Å².